The Morgan fingerprint density at radius 3 is 1.75 bits per heavy atom. The Bertz CT molecular complexity index is 239. The number of hydrogen-bond acceptors (Lipinski definition) is 5. The highest BCUT2D eigenvalue weighted by Crippen LogP contribution is 2.13. The van der Waals surface area contributed by atoms with Gasteiger partial charge in [-0.15, -0.1) is 0 Å². The van der Waals surface area contributed by atoms with Crippen molar-refractivity contribution in [2.45, 2.75) is 26.3 Å². The van der Waals surface area contributed by atoms with Crippen LogP contribution in [0.25, 0.3) is 0 Å². The van der Waals surface area contributed by atoms with Gasteiger partial charge in [-0.1, -0.05) is 13.3 Å². The quantitative estimate of drug-likeness (QED) is 0.548. The summed E-state index contributed by atoms with van der Waals surface area (Å²) in [7, 11) is 2.68. The second kappa shape index (κ2) is 7.56. The molecule has 0 unspecified atom stereocenters. The van der Waals surface area contributed by atoms with Gasteiger partial charge < -0.3 is 18.0 Å². The number of carbonyl (C=O) groups is 1. The summed E-state index contributed by atoms with van der Waals surface area (Å²) in [6, 6.07) is 0.885. The van der Waals surface area contributed by atoms with Gasteiger partial charge in [0.15, 0.2) is 0 Å². The first-order valence-electron chi connectivity index (χ1n) is 5.08. The van der Waals surface area contributed by atoms with Gasteiger partial charge in [0, 0.05) is 27.4 Å². The van der Waals surface area contributed by atoms with Crippen molar-refractivity contribution in [2.24, 2.45) is 0 Å². The minimum Gasteiger partial charge on any atom is -0.430 e. The molecule has 1 heterocycles. The summed E-state index contributed by atoms with van der Waals surface area (Å²) in [6.45, 7) is 3.80. The molecule has 94 valence electrons. The monoisotopic (exact) mass is 248 g/mol. The van der Waals surface area contributed by atoms with E-state index in [0.717, 1.165) is 12.5 Å². The third-order valence-electron chi connectivity index (χ3n) is 2.15. The van der Waals surface area contributed by atoms with Crippen molar-refractivity contribution in [1.82, 2.24) is 0 Å². The highest BCUT2D eigenvalue weighted by molar-refractivity contribution is 6.60. The van der Waals surface area contributed by atoms with Crippen molar-refractivity contribution < 1.29 is 22.8 Å². The molecule has 1 aliphatic heterocycles. The molecule has 0 aromatic heterocycles. The van der Waals surface area contributed by atoms with E-state index in [-0.39, 0.29) is 5.97 Å². The maximum atomic E-state index is 9.94. The largest absolute Gasteiger partial charge is 0.500 e. The summed E-state index contributed by atoms with van der Waals surface area (Å²) in [4.78, 5) is 9.94. The molecule has 6 heteroatoms. The number of cyclic esters (lactones) is 1. The maximum absolute atomic E-state index is 9.94. The van der Waals surface area contributed by atoms with Crippen LogP contribution in [0.3, 0.4) is 0 Å². The summed E-state index contributed by atoms with van der Waals surface area (Å²) >= 11 is 0. The lowest BCUT2D eigenvalue weighted by Gasteiger charge is -2.23. The van der Waals surface area contributed by atoms with Gasteiger partial charge in [0.1, 0.15) is 6.26 Å². The first kappa shape index (κ1) is 15.3. The Kier molecular flexibility index (Phi) is 7.23. The highest BCUT2D eigenvalue weighted by atomic mass is 28.4. The Labute approximate surface area is 97.7 Å². The fourth-order valence-corrected chi connectivity index (χ4v) is 2.81. The van der Waals surface area contributed by atoms with Crippen LogP contribution in [0.1, 0.15) is 20.3 Å². The van der Waals surface area contributed by atoms with Gasteiger partial charge >= 0.3 is 14.8 Å². The molecule has 1 rings (SSSR count). The van der Waals surface area contributed by atoms with Crippen LogP contribution >= 0.6 is 0 Å². The zero-order chi connectivity index (χ0) is 12.6. The molecule has 0 amide bonds. The van der Waals surface area contributed by atoms with Gasteiger partial charge in [0.05, 0.1) is 5.57 Å². The molecule has 0 spiro atoms. The number of ether oxygens (including phenoxy) is 1. The SMILES string of the molecule is CC1=COC1=O.CCC[Si](OC)(OC)OC. The van der Waals surface area contributed by atoms with Gasteiger partial charge in [-0.3, -0.25) is 0 Å². The molecule has 16 heavy (non-hydrogen) atoms. The summed E-state index contributed by atoms with van der Waals surface area (Å²) in [5.41, 5.74) is 0.704. The number of rotatable bonds is 5. The van der Waals surface area contributed by atoms with Crippen LogP contribution in [0.15, 0.2) is 11.8 Å². The average molecular weight is 248 g/mol. The van der Waals surface area contributed by atoms with E-state index >= 15 is 0 Å². The molecule has 0 radical (unpaired) electrons. The molecule has 1 aliphatic rings. The smallest absolute Gasteiger partial charge is 0.430 e. The van der Waals surface area contributed by atoms with Crippen molar-refractivity contribution >= 4 is 14.8 Å². The second-order valence-electron chi connectivity index (χ2n) is 3.25. The molecule has 0 bridgehead atoms. The molecule has 0 aromatic carbocycles. The first-order chi connectivity index (χ1) is 7.55. The van der Waals surface area contributed by atoms with Crippen molar-refractivity contribution in [3.05, 3.63) is 11.8 Å². The van der Waals surface area contributed by atoms with Crippen LogP contribution in [0.2, 0.25) is 6.04 Å². The van der Waals surface area contributed by atoms with E-state index in [2.05, 4.69) is 11.7 Å². The van der Waals surface area contributed by atoms with E-state index in [0.29, 0.717) is 5.57 Å². The lowest BCUT2D eigenvalue weighted by molar-refractivity contribution is -0.138. The Hall–Kier alpha value is -0.693. The van der Waals surface area contributed by atoms with Gasteiger partial charge in [0.2, 0.25) is 0 Å². The molecular formula is C10H20O5Si. The average Bonchev–Trinajstić information content (AvgIpc) is 2.34. The fraction of sp³-hybridized carbons (Fsp3) is 0.700. The van der Waals surface area contributed by atoms with Crippen LogP contribution in [0.5, 0.6) is 0 Å². The van der Waals surface area contributed by atoms with Crippen LogP contribution in [0, 0.1) is 0 Å². The molecular weight excluding hydrogens is 228 g/mol. The van der Waals surface area contributed by atoms with Crippen molar-refractivity contribution in [2.75, 3.05) is 21.3 Å². The Morgan fingerprint density at radius 1 is 1.25 bits per heavy atom. The zero-order valence-electron chi connectivity index (χ0n) is 10.5. The van der Waals surface area contributed by atoms with E-state index in [1.54, 1.807) is 28.3 Å². The Morgan fingerprint density at radius 2 is 1.69 bits per heavy atom. The standard InChI is InChI=1S/C6H16O3Si.C4H4O2/c1-5-6-10(7-2,8-3)9-4;1-3-2-6-4(3)5/h5-6H2,1-4H3;2H,1H3. The molecule has 0 atom stereocenters. The normalized spacial score (nSPS) is 14.3. The fourth-order valence-electron chi connectivity index (χ4n) is 1.09. The van der Waals surface area contributed by atoms with E-state index in [1.807, 2.05) is 0 Å². The van der Waals surface area contributed by atoms with Crippen LogP contribution in [-0.4, -0.2) is 36.1 Å². The summed E-state index contributed by atoms with van der Waals surface area (Å²) in [5, 5.41) is 0. The zero-order valence-corrected chi connectivity index (χ0v) is 11.5. The van der Waals surface area contributed by atoms with Gasteiger partial charge in [-0.05, 0) is 6.92 Å². The lowest BCUT2D eigenvalue weighted by Crippen LogP contribution is -2.42. The van der Waals surface area contributed by atoms with E-state index in [4.69, 9.17) is 13.3 Å². The predicted octanol–water partition coefficient (Wildman–Crippen LogP) is 1.72. The molecule has 0 saturated heterocycles. The summed E-state index contributed by atoms with van der Waals surface area (Å²) in [6.07, 6.45) is 2.46. The number of esters is 1. The van der Waals surface area contributed by atoms with E-state index < -0.39 is 8.80 Å². The number of hydrogen-bond donors (Lipinski definition) is 0. The van der Waals surface area contributed by atoms with Gasteiger partial charge in [0.25, 0.3) is 0 Å². The number of carbonyl (C=O) groups excluding carboxylic acids is 1. The highest BCUT2D eigenvalue weighted by Gasteiger charge is 2.36. The Balaban J connectivity index is 0.000000315. The van der Waals surface area contributed by atoms with E-state index in [1.165, 1.54) is 6.26 Å². The van der Waals surface area contributed by atoms with Crippen LogP contribution < -0.4 is 0 Å². The second-order valence-corrected chi connectivity index (χ2v) is 6.34. The van der Waals surface area contributed by atoms with Crippen molar-refractivity contribution in [3.8, 4) is 0 Å². The van der Waals surface area contributed by atoms with Crippen molar-refractivity contribution in [1.29, 1.82) is 0 Å². The molecule has 0 aliphatic carbocycles. The molecule has 0 saturated carbocycles. The minimum absolute atomic E-state index is 0.199. The topological polar surface area (TPSA) is 54.0 Å². The summed E-state index contributed by atoms with van der Waals surface area (Å²) < 4.78 is 19.8. The first-order valence-corrected chi connectivity index (χ1v) is 7.01. The maximum Gasteiger partial charge on any atom is 0.500 e. The van der Waals surface area contributed by atoms with Crippen molar-refractivity contribution in [3.63, 3.8) is 0 Å². The predicted molar refractivity (Wildman–Crippen MR) is 61.7 cm³/mol. The molecule has 0 fully saturated rings. The minimum atomic E-state index is -2.22. The van der Waals surface area contributed by atoms with E-state index in [9.17, 15) is 4.79 Å². The summed E-state index contributed by atoms with van der Waals surface area (Å²) in [5.74, 6) is -0.199. The molecule has 5 nitrogen and oxygen atoms in total. The lowest BCUT2D eigenvalue weighted by atomic mass is 10.3. The third kappa shape index (κ3) is 4.44. The van der Waals surface area contributed by atoms with Crippen LogP contribution in [-0.2, 0) is 22.8 Å². The third-order valence-corrected chi connectivity index (χ3v) is 5.13. The van der Waals surface area contributed by atoms with Crippen LogP contribution in [0.4, 0.5) is 0 Å². The van der Waals surface area contributed by atoms with Gasteiger partial charge in [-0.2, -0.15) is 0 Å². The molecule has 0 N–H and O–H groups in total. The van der Waals surface area contributed by atoms with Gasteiger partial charge in [-0.25, -0.2) is 4.79 Å². The molecule has 0 aromatic rings.